The topological polar surface area (TPSA) is 62.3 Å². The maximum Gasteiger partial charge on any atom is 0.141 e. The molecule has 0 radical (unpaired) electrons. The van der Waals surface area contributed by atoms with Crippen LogP contribution in [0.5, 0.6) is 0 Å². The zero-order valence-corrected chi connectivity index (χ0v) is 9.72. The van der Waals surface area contributed by atoms with Gasteiger partial charge in [-0.2, -0.15) is 0 Å². The van der Waals surface area contributed by atoms with Crippen molar-refractivity contribution >= 4 is 16.7 Å². The Morgan fingerprint density at radius 1 is 1.41 bits per heavy atom. The Kier molecular flexibility index (Phi) is 2.49. The molecule has 2 N–H and O–H groups in total. The number of rotatable bonds is 1. The number of aryl methyl sites for hydroxylation is 1. The Balaban J connectivity index is 2.07. The summed E-state index contributed by atoms with van der Waals surface area (Å²) in [5.41, 5.74) is 8.49. The zero-order chi connectivity index (χ0) is 11.8. The molecular formula is C12H15N3O2. The van der Waals surface area contributed by atoms with Gasteiger partial charge < -0.3 is 19.8 Å². The number of nitrogens with zero attached hydrogens (tertiary/aromatic N) is 2. The van der Waals surface area contributed by atoms with Gasteiger partial charge in [-0.15, -0.1) is 0 Å². The summed E-state index contributed by atoms with van der Waals surface area (Å²) >= 11 is 0. The minimum atomic E-state index is -0.0811. The van der Waals surface area contributed by atoms with E-state index < -0.39 is 0 Å². The van der Waals surface area contributed by atoms with E-state index in [1.807, 2.05) is 29.8 Å². The molecule has 0 saturated carbocycles. The molecule has 1 aliphatic heterocycles. The van der Waals surface area contributed by atoms with Crippen LogP contribution in [0.2, 0.25) is 0 Å². The van der Waals surface area contributed by atoms with Crippen LogP contribution >= 0.6 is 0 Å². The number of nitrogen functional groups attached to an aromatic ring is 1. The van der Waals surface area contributed by atoms with Gasteiger partial charge in [-0.05, 0) is 18.2 Å². The van der Waals surface area contributed by atoms with Crippen LogP contribution < -0.4 is 5.73 Å². The van der Waals surface area contributed by atoms with E-state index in [9.17, 15) is 0 Å². The lowest BCUT2D eigenvalue weighted by atomic mass is 10.3. The smallest absolute Gasteiger partial charge is 0.141 e. The number of benzene rings is 1. The van der Waals surface area contributed by atoms with Crippen molar-refractivity contribution in [3.8, 4) is 0 Å². The van der Waals surface area contributed by atoms with Crippen molar-refractivity contribution in [1.82, 2.24) is 9.55 Å². The molecule has 17 heavy (non-hydrogen) atoms. The Morgan fingerprint density at radius 3 is 3.06 bits per heavy atom. The number of hydrogen-bond acceptors (Lipinski definition) is 4. The van der Waals surface area contributed by atoms with Gasteiger partial charge in [0.25, 0.3) is 0 Å². The Labute approximate surface area is 99.1 Å². The lowest BCUT2D eigenvalue weighted by Gasteiger charge is -2.22. The predicted octanol–water partition coefficient (Wildman–Crippen LogP) is 1.24. The third-order valence-electron chi connectivity index (χ3n) is 3.04. The van der Waals surface area contributed by atoms with Crippen LogP contribution in [0, 0.1) is 0 Å². The van der Waals surface area contributed by atoms with Gasteiger partial charge in [0.15, 0.2) is 0 Å². The first kappa shape index (κ1) is 10.6. The van der Waals surface area contributed by atoms with Gasteiger partial charge in [0.2, 0.25) is 0 Å². The molecule has 1 fully saturated rings. The maximum absolute atomic E-state index is 5.78. The number of hydrogen-bond donors (Lipinski definition) is 1. The van der Waals surface area contributed by atoms with E-state index in [1.165, 1.54) is 0 Å². The van der Waals surface area contributed by atoms with Crippen molar-refractivity contribution in [3.05, 3.63) is 24.0 Å². The Morgan fingerprint density at radius 2 is 2.29 bits per heavy atom. The molecule has 2 aromatic rings. The molecule has 0 aliphatic carbocycles. The molecule has 0 amide bonds. The number of nitrogens with two attached hydrogens (primary N) is 1. The zero-order valence-electron chi connectivity index (χ0n) is 9.72. The van der Waals surface area contributed by atoms with Crippen molar-refractivity contribution in [2.24, 2.45) is 7.05 Å². The molecule has 1 aliphatic rings. The van der Waals surface area contributed by atoms with Crippen molar-refractivity contribution < 1.29 is 9.47 Å². The van der Waals surface area contributed by atoms with Crippen LogP contribution in [-0.4, -0.2) is 29.4 Å². The summed E-state index contributed by atoms with van der Waals surface area (Å²) in [6, 6.07) is 5.71. The summed E-state index contributed by atoms with van der Waals surface area (Å²) in [6.07, 6.45) is -0.0811. The number of imidazole rings is 1. The minimum absolute atomic E-state index is 0.0811. The molecule has 1 aromatic heterocycles. The van der Waals surface area contributed by atoms with E-state index in [-0.39, 0.29) is 6.10 Å². The van der Waals surface area contributed by atoms with Gasteiger partial charge in [0.1, 0.15) is 11.9 Å². The van der Waals surface area contributed by atoms with E-state index in [0.717, 1.165) is 22.5 Å². The molecule has 5 heteroatoms. The molecule has 1 atom stereocenters. The second-order valence-electron chi connectivity index (χ2n) is 4.21. The molecule has 3 rings (SSSR count). The van der Waals surface area contributed by atoms with Crippen molar-refractivity contribution in [1.29, 1.82) is 0 Å². The highest BCUT2D eigenvalue weighted by Crippen LogP contribution is 2.25. The Hall–Kier alpha value is -1.59. The Bertz CT molecular complexity index is 544. The lowest BCUT2D eigenvalue weighted by molar-refractivity contribution is -0.0942. The van der Waals surface area contributed by atoms with Gasteiger partial charge >= 0.3 is 0 Å². The van der Waals surface area contributed by atoms with Gasteiger partial charge in [0, 0.05) is 12.7 Å². The summed E-state index contributed by atoms with van der Waals surface area (Å²) in [7, 11) is 1.97. The number of aromatic nitrogens is 2. The third kappa shape index (κ3) is 1.77. The molecule has 2 heterocycles. The molecule has 0 spiro atoms. The molecule has 5 nitrogen and oxygen atoms in total. The van der Waals surface area contributed by atoms with Crippen molar-refractivity contribution in [3.63, 3.8) is 0 Å². The number of ether oxygens (including phenoxy) is 2. The molecular weight excluding hydrogens is 218 g/mol. The van der Waals surface area contributed by atoms with Gasteiger partial charge in [-0.1, -0.05) is 0 Å². The van der Waals surface area contributed by atoms with E-state index in [1.54, 1.807) is 0 Å². The average Bonchev–Trinajstić information content (AvgIpc) is 2.68. The van der Waals surface area contributed by atoms with Crippen molar-refractivity contribution in [2.75, 3.05) is 25.6 Å². The molecule has 1 aromatic carbocycles. The van der Waals surface area contributed by atoms with Crippen LogP contribution in [0.1, 0.15) is 11.9 Å². The number of anilines is 1. The highest BCUT2D eigenvalue weighted by Gasteiger charge is 2.22. The molecule has 1 saturated heterocycles. The maximum atomic E-state index is 5.78. The first-order valence-electron chi connectivity index (χ1n) is 5.67. The van der Waals surface area contributed by atoms with Crippen LogP contribution in [0.15, 0.2) is 18.2 Å². The summed E-state index contributed by atoms with van der Waals surface area (Å²) in [5.74, 6) is 0.894. The minimum Gasteiger partial charge on any atom is -0.399 e. The largest absolute Gasteiger partial charge is 0.399 e. The van der Waals surface area contributed by atoms with Crippen LogP contribution in [-0.2, 0) is 16.5 Å². The average molecular weight is 233 g/mol. The van der Waals surface area contributed by atoms with Crippen molar-refractivity contribution in [2.45, 2.75) is 6.10 Å². The third-order valence-corrected chi connectivity index (χ3v) is 3.04. The van der Waals surface area contributed by atoms with Gasteiger partial charge in [-0.25, -0.2) is 4.98 Å². The van der Waals surface area contributed by atoms with E-state index in [4.69, 9.17) is 15.2 Å². The molecule has 0 bridgehead atoms. The van der Waals surface area contributed by atoms with Crippen LogP contribution in [0.25, 0.3) is 11.0 Å². The fourth-order valence-electron chi connectivity index (χ4n) is 2.15. The van der Waals surface area contributed by atoms with Gasteiger partial charge in [-0.3, -0.25) is 0 Å². The lowest BCUT2D eigenvalue weighted by Crippen LogP contribution is -2.24. The summed E-state index contributed by atoms with van der Waals surface area (Å²) in [4.78, 5) is 4.58. The second-order valence-corrected chi connectivity index (χ2v) is 4.21. The van der Waals surface area contributed by atoms with Gasteiger partial charge in [0.05, 0.1) is 30.9 Å². The monoisotopic (exact) mass is 233 g/mol. The standard InChI is InChI=1S/C12H15N3O2/c1-15-10-6-8(13)2-3-9(10)14-12(15)11-7-16-4-5-17-11/h2-3,6,11H,4-5,7,13H2,1H3. The highest BCUT2D eigenvalue weighted by molar-refractivity contribution is 5.79. The normalized spacial score (nSPS) is 20.9. The fourth-order valence-corrected chi connectivity index (χ4v) is 2.15. The molecule has 90 valence electrons. The van der Waals surface area contributed by atoms with E-state index >= 15 is 0 Å². The fraction of sp³-hybridized carbons (Fsp3) is 0.417. The summed E-state index contributed by atoms with van der Waals surface area (Å²) in [5, 5.41) is 0. The first-order valence-corrected chi connectivity index (χ1v) is 5.67. The highest BCUT2D eigenvalue weighted by atomic mass is 16.6. The van der Waals surface area contributed by atoms with Crippen LogP contribution in [0.3, 0.4) is 0 Å². The first-order chi connectivity index (χ1) is 8.25. The van der Waals surface area contributed by atoms with Crippen LogP contribution in [0.4, 0.5) is 5.69 Å². The van der Waals surface area contributed by atoms with E-state index in [2.05, 4.69) is 4.98 Å². The number of fused-ring (bicyclic) bond motifs is 1. The summed E-state index contributed by atoms with van der Waals surface area (Å²) < 4.78 is 13.1. The van der Waals surface area contributed by atoms with E-state index in [0.29, 0.717) is 19.8 Å². The quantitative estimate of drug-likeness (QED) is 0.753. The SMILES string of the molecule is Cn1c(C2COCCO2)nc2ccc(N)cc21. The second kappa shape index (κ2) is 4.01. The summed E-state index contributed by atoms with van der Waals surface area (Å²) in [6.45, 7) is 1.84. The predicted molar refractivity (Wildman–Crippen MR) is 64.6 cm³/mol. The molecule has 1 unspecified atom stereocenters.